The Morgan fingerprint density at radius 2 is 2.00 bits per heavy atom. The molecule has 13 heavy (non-hydrogen) atoms. The van der Waals surface area contributed by atoms with Crippen molar-refractivity contribution in [2.45, 2.75) is 32.6 Å². The van der Waals surface area contributed by atoms with E-state index in [1.165, 1.54) is 25.7 Å². The maximum atomic E-state index is 5.29. The standard InChI is InChI=1S/C10H20N2S/c1-3-4-5-6-7-12-9-8-11(2)10(12)13/h3-9H2,1-2H3. The summed E-state index contributed by atoms with van der Waals surface area (Å²) in [5.74, 6) is 0. The van der Waals surface area contributed by atoms with Crippen LogP contribution in [0.3, 0.4) is 0 Å². The lowest BCUT2D eigenvalue weighted by Crippen LogP contribution is -2.29. The van der Waals surface area contributed by atoms with Gasteiger partial charge < -0.3 is 9.80 Å². The summed E-state index contributed by atoms with van der Waals surface area (Å²) in [6, 6.07) is 0. The van der Waals surface area contributed by atoms with Gasteiger partial charge in [-0.2, -0.15) is 0 Å². The molecular formula is C10H20N2S. The van der Waals surface area contributed by atoms with E-state index in [-0.39, 0.29) is 0 Å². The van der Waals surface area contributed by atoms with Crippen molar-refractivity contribution >= 4 is 17.3 Å². The van der Waals surface area contributed by atoms with E-state index in [1.54, 1.807) is 0 Å². The zero-order valence-electron chi connectivity index (χ0n) is 8.75. The Balaban J connectivity index is 2.12. The van der Waals surface area contributed by atoms with E-state index in [4.69, 9.17) is 12.2 Å². The molecule has 0 aromatic carbocycles. The highest BCUT2D eigenvalue weighted by atomic mass is 32.1. The van der Waals surface area contributed by atoms with Crippen molar-refractivity contribution in [1.82, 2.24) is 9.80 Å². The van der Waals surface area contributed by atoms with Gasteiger partial charge in [-0.1, -0.05) is 26.2 Å². The Kier molecular flexibility index (Phi) is 4.50. The average Bonchev–Trinajstić information content (AvgIpc) is 2.43. The van der Waals surface area contributed by atoms with Gasteiger partial charge in [-0.25, -0.2) is 0 Å². The smallest absolute Gasteiger partial charge is 0.171 e. The van der Waals surface area contributed by atoms with Gasteiger partial charge in [0.2, 0.25) is 0 Å². The predicted octanol–water partition coefficient (Wildman–Crippen LogP) is 2.10. The minimum absolute atomic E-state index is 1.04. The molecule has 1 saturated heterocycles. The Hall–Kier alpha value is -0.310. The van der Waals surface area contributed by atoms with Crippen LogP contribution in [0, 0.1) is 0 Å². The SMILES string of the molecule is CCCCCCN1CCN(C)C1=S. The van der Waals surface area contributed by atoms with Crippen molar-refractivity contribution in [2.24, 2.45) is 0 Å². The van der Waals surface area contributed by atoms with E-state index in [0.29, 0.717) is 0 Å². The molecule has 1 rings (SSSR count). The van der Waals surface area contributed by atoms with Gasteiger partial charge in [0.15, 0.2) is 5.11 Å². The summed E-state index contributed by atoms with van der Waals surface area (Å²) in [7, 11) is 2.08. The molecule has 0 amide bonds. The van der Waals surface area contributed by atoms with Crippen LogP contribution in [0.2, 0.25) is 0 Å². The molecule has 0 bridgehead atoms. The van der Waals surface area contributed by atoms with Crippen molar-refractivity contribution in [3.8, 4) is 0 Å². The van der Waals surface area contributed by atoms with E-state index in [0.717, 1.165) is 24.7 Å². The minimum Gasteiger partial charge on any atom is -0.350 e. The van der Waals surface area contributed by atoms with Crippen LogP contribution < -0.4 is 0 Å². The number of rotatable bonds is 5. The fourth-order valence-electron chi connectivity index (χ4n) is 1.64. The topological polar surface area (TPSA) is 6.48 Å². The van der Waals surface area contributed by atoms with Crippen LogP contribution in [-0.2, 0) is 0 Å². The highest BCUT2D eigenvalue weighted by Crippen LogP contribution is 2.08. The van der Waals surface area contributed by atoms with Gasteiger partial charge in [-0.3, -0.25) is 0 Å². The Bertz CT molecular complexity index is 170. The van der Waals surface area contributed by atoms with E-state index in [9.17, 15) is 0 Å². The Labute approximate surface area is 86.9 Å². The zero-order chi connectivity index (χ0) is 9.68. The Morgan fingerprint density at radius 1 is 1.23 bits per heavy atom. The van der Waals surface area contributed by atoms with E-state index in [1.807, 2.05) is 0 Å². The summed E-state index contributed by atoms with van der Waals surface area (Å²) < 4.78 is 0. The second-order valence-electron chi connectivity index (χ2n) is 3.75. The largest absolute Gasteiger partial charge is 0.350 e. The van der Waals surface area contributed by atoms with E-state index in [2.05, 4.69) is 23.8 Å². The number of thiocarbonyl (C=S) groups is 1. The molecule has 0 aromatic rings. The van der Waals surface area contributed by atoms with Crippen LogP contribution in [0.15, 0.2) is 0 Å². The molecule has 0 N–H and O–H groups in total. The first-order valence-corrected chi connectivity index (χ1v) is 5.66. The lowest BCUT2D eigenvalue weighted by molar-refractivity contribution is 0.443. The molecule has 0 aromatic heterocycles. The normalized spacial score (nSPS) is 17.2. The fraction of sp³-hybridized carbons (Fsp3) is 0.900. The molecule has 0 saturated carbocycles. The van der Waals surface area contributed by atoms with Gasteiger partial charge in [0.1, 0.15) is 0 Å². The van der Waals surface area contributed by atoms with Crippen LogP contribution in [-0.4, -0.2) is 41.6 Å². The molecule has 0 aliphatic carbocycles. The predicted molar refractivity (Wildman–Crippen MR) is 60.9 cm³/mol. The molecular weight excluding hydrogens is 180 g/mol. The first kappa shape index (κ1) is 10.8. The average molecular weight is 200 g/mol. The molecule has 1 fully saturated rings. The quantitative estimate of drug-likeness (QED) is 0.496. The minimum atomic E-state index is 1.04. The second-order valence-corrected chi connectivity index (χ2v) is 4.12. The van der Waals surface area contributed by atoms with Gasteiger partial charge in [-0.05, 0) is 18.6 Å². The number of hydrogen-bond acceptors (Lipinski definition) is 1. The third kappa shape index (κ3) is 3.14. The van der Waals surface area contributed by atoms with E-state index < -0.39 is 0 Å². The second kappa shape index (κ2) is 5.43. The number of unbranched alkanes of at least 4 members (excludes halogenated alkanes) is 3. The molecule has 0 radical (unpaired) electrons. The molecule has 1 heterocycles. The maximum absolute atomic E-state index is 5.29. The highest BCUT2D eigenvalue weighted by Gasteiger charge is 2.20. The molecule has 76 valence electrons. The molecule has 0 unspecified atom stereocenters. The van der Waals surface area contributed by atoms with Crippen LogP contribution in [0.4, 0.5) is 0 Å². The van der Waals surface area contributed by atoms with Gasteiger partial charge in [0.25, 0.3) is 0 Å². The van der Waals surface area contributed by atoms with Crippen LogP contribution in [0.25, 0.3) is 0 Å². The number of nitrogens with zero attached hydrogens (tertiary/aromatic N) is 2. The van der Waals surface area contributed by atoms with Crippen molar-refractivity contribution < 1.29 is 0 Å². The third-order valence-electron chi connectivity index (χ3n) is 2.58. The molecule has 1 aliphatic heterocycles. The summed E-state index contributed by atoms with van der Waals surface area (Å²) >= 11 is 5.29. The first-order valence-electron chi connectivity index (χ1n) is 5.25. The third-order valence-corrected chi connectivity index (χ3v) is 3.15. The molecule has 1 aliphatic rings. The first-order chi connectivity index (χ1) is 6.25. The lowest BCUT2D eigenvalue weighted by Gasteiger charge is -2.18. The summed E-state index contributed by atoms with van der Waals surface area (Å²) in [5.41, 5.74) is 0. The summed E-state index contributed by atoms with van der Waals surface area (Å²) in [4.78, 5) is 4.49. The zero-order valence-corrected chi connectivity index (χ0v) is 9.57. The summed E-state index contributed by atoms with van der Waals surface area (Å²) in [6.07, 6.45) is 5.31. The molecule has 2 nitrogen and oxygen atoms in total. The van der Waals surface area contributed by atoms with Gasteiger partial charge in [0.05, 0.1) is 0 Å². The van der Waals surface area contributed by atoms with E-state index >= 15 is 0 Å². The Morgan fingerprint density at radius 3 is 2.54 bits per heavy atom. The van der Waals surface area contributed by atoms with Crippen LogP contribution in [0.5, 0.6) is 0 Å². The van der Waals surface area contributed by atoms with Crippen molar-refractivity contribution in [3.05, 3.63) is 0 Å². The summed E-state index contributed by atoms with van der Waals surface area (Å²) in [5, 5.41) is 1.04. The van der Waals surface area contributed by atoms with Gasteiger partial charge in [-0.15, -0.1) is 0 Å². The van der Waals surface area contributed by atoms with Crippen molar-refractivity contribution in [3.63, 3.8) is 0 Å². The van der Waals surface area contributed by atoms with Crippen LogP contribution >= 0.6 is 12.2 Å². The number of hydrogen-bond donors (Lipinski definition) is 0. The number of likely N-dealkylation sites (N-methyl/N-ethyl adjacent to an activating group) is 1. The monoisotopic (exact) mass is 200 g/mol. The van der Waals surface area contributed by atoms with Gasteiger partial charge in [0, 0.05) is 26.7 Å². The highest BCUT2D eigenvalue weighted by molar-refractivity contribution is 7.80. The van der Waals surface area contributed by atoms with Crippen molar-refractivity contribution in [2.75, 3.05) is 26.7 Å². The summed E-state index contributed by atoms with van der Waals surface area (Å²) in [6.45, 7) is 5.63. The van der Waals surface area contributed by atoms with Crippen LogP contribution in [0.1, 0.15) is 32.6 Å². The molecule has 0 spiro atoms. The van der Waals surface area contributed by atoms with Crippen molar-refractivity contribution in [1.29, 1.82) is 0 Å². The lowest BCUT2D eigenvalue weighted by atomic mass is 10.2. The van der Waals surface area contributed by atoms with Gasteiger partial charge >= 0.3 is 0 Å². The maximum Gasteiger partial charge on any atom is 0.171 e. The fourth-order valence-corrected chi connectivity index (χ4v) is 1.91. The molecule has 3 heteroatoms. The molecule has 0 atom stereocenters.